The van der Waals surface area contributed by atoms with Crippen LogP contribution in [-0.4, -0.2) is 22.5 Å². The monoisotopic (exact) mass is 175 g/mol. The van der Waals surface area contributed by atoms with Crippen molar-refractivity contribution < 1.29 is 4.92 Å². The zero-order valence-electron chi connectivity index (χ0n) is 6.66. The Labute approximate surface area is 71.0 Å². The maximum Gasteiger partial charge on any atom is 0.215 e. The Kier molecular flexibility index (Phi) is 5.93. The molecule has 4 heteroatoms. The van der Waals surface area contributed by atoms with Gasteiger partial charge in [0, 0.05) is 10.7 Å². The lowest BCUT2D eigenvalue weighted by molar-refractivity contribution is -0.479. The molecule has 0 saturated heterocycles. The molecule has 0 fully saturated rings. The third-order valence-corrected chi connectivity index (χ3v) is 2.64. The van der Waals surface area contributed by atoms with Gasteiger partial charge in [-0.3, -0.25) is 10.1 Å². The quantitative estimate of drug-likeness (QED) is 0.352. The van der Waals surface area contributed by atoms with Crippen molar-refractivity contribution in [3.8, 4) is 0 Å². The lowest BCUT2D eigenvalue weighted by Crippen LogP contribution is -2.15. The van der Waals surface area contributed by atoms with Crippen molar-refractivity contribution >= 4 is 11.8 Å². The zero-order valence-corrected chi connectivity index (χ0v) is 7.47. The first-order chi connectivity index (χ1) is 5.20. The summed E-state index contributed by atoms with van der Waals surface area (Å²) in [5, 5.41) is 10.2. The van der Waals surface area contributed by atoms with Gasteiger partial charge in [0.1, 0.15) is 0 Å². The molecule has 3 nitrogen and oxygen atoms in total. The summed E-state index contributed by atoms with van der Waals surface area (Å²) in [6.07, 6.45) is 2.62. The molecule has 11 heavy (non-hydrogen) atoms. The topological polar surface area (TPSA) is 43.1 Å². The van der Waals surface area contributed by atoms with Crippen molar-refractivity contribution in [2.45, 2.75) is 18.6 Å². The second-order valence-corrected chi connectivity index (χ2v) is 3.50. The first-order valence-electron chi connectivity index (χ1n) is 3.55. The fourth-order valence-corrected chi connectivity index (χ4v) is 1.54. The van der Waals surface area contributed by atoms with Crippen LogP contribution in [0.25, 0.3) is 0 Å². The van der Waals surface area contributed by atoms with Crippen LogP contribution in [0.5, 0.6) is 0 Å². The van der Waals surface area contributed by atoms with Gasteiger partial charge in [-0.05, 0) is 6.42 Å². The minimum absolute atomic E-state index is 0.0645. The molecule has 0 aromatic heterocycles. The number of hydrogen-bond donors (Lipinski definition) is 0. The molecule has 0 rings (SSSR count). The van der Waals surface area contributed by atoms with Gasteiger partial charge in [0.15, 0.2) is 0 Å². The third kappa shape index (κ3) is 5.91. The molecule has 0 aromatic rings. The SMILES string of the molecule is C=CCSC(CC)C[N+](=O)[O-]. The van der Waals surface area contributed by atoms with E-state index < -0.39 is 0 Å². The van der Waals surface area contributed by atoms with Crippen LogP contribution in [-0.2, 0) is 0 Å². The van der Waals surface area contributed by atoms with E-state index in [1.54, 1.807) is 17.8 Å². The molecular formula is C7H13NO2S. The maximum absolute atomic E-state index is 10.1. The Hall–Kier alpha value is -0.510. The van der Waals surface area contributed by atoms with Crippen LogP contribution in [0.2, 0.25) is 0 Å². The van der Waals surface area contributed by atoms with E-state index in [4.69, 9.17) is 0 Å². The number of hydrogen-bond acceptors (Lipinski definition) is 3. The van der Waals surface area contributed by atoms with E-state index in [1.165, 1.54) is 0 Å². The van der Waals surface area contributed by atoms with Gasteiger partial charge < -0.3 is 0 Å². The van der Waals surface area contributed by atoms with Crippen molar-refractivity contribution in [2.24, 2.45) is 0 Å². The van der Waals surface area contributed by atoms with Crippen molar-refractivity contribution in [1.29, 1.82) is 0 Å². The summed E-state index contributed by atoms with van der Waals surface area (Å²) < 4.78 is 0. The van der Waals surface area contributed by atoms with E-state index >= 15 is 0 Å². The lowest BCUT2D eigenvalue weighted by Gasteiger charge is -2.06. The van der Waals surface area contributed by atoms with E-state index in [1.807, 2.05) is 6.92 Å². The summed E-state index contributed by atoms with van der Waals surface area (Å²) in [5.41, 5.74) is 0. The van der Waals surface area contributed by atoms with Crippen LogP contribution in [0.4, 0.5) is 0 Å². The molecule has 0 aliphatic rings. The molecule has 0 spiro atoms. The molecule has 0 bridgehead atoms. The van der Waals surface area contributed by atoms with Gasteiger partial charge in [-0.25, -0.2) is 0 Å². The van der Waals surface area contributed by atoms with Crippen LogP contribution >= 0.6 is 11.8 Å². The lowest BCUT2D eigenvalue weighted by atomic mass is 10.3. The molecular weight excluding hydrogens is 162 g/mol. The zero-order chi connectivity index (χ0) is 8.69. The summed E-state index contributed by atoms with van der Waals surface area (Å²) in [6.45, 7) is 5.58. The van der Waals surface area contributed by atoms with Gasteiger partial charge in [0.25, 0.3) is 0 Å². The summed E-state index contributed by atoms with van der Waals surface area (Å²) in [6, 6.07) is 0. The van der Waals surface area contributed by atoms with Crippen LogP contribution in [0.1, 0.15) is 13.3 Å². The standard InChI is InChI=1S/C7H13NO2S/c1-3-5-11-7(4-2)6-8(9)10/h3,7H,1,4-6H2,2H3. The second-order valence-electron chi connectivity index (χ2n) is 2.17. The van der Waals surface area contributed by atoms with Crippen molar-refractivity contribution in [1.82, 2.24) is 0 Å². The van der Waals surface area contributed by atoms with Gasteiger partial charge in [-0.15, -0.1) is 18.3 Å². The van der Waals surface area contributed by atoms with Gasteiger partial charge in [-0.1, -0.05) is 13.0 Å². The Morgan fingerprint density at radius 2 is 2.45 bits per heavy atom. The highest BCUT2D eigenvalue weighted by atomic mass is 32.2. The van der Waals surface area contributed by atoms with E-state index in [0.29, 0.717) is 0 Å². The summed E-state index contributed by atoms with van der Waals surface area (Å²) >= 11 is 1.59. The molecule has 0 aliphatic carbocycles. The van der Waals surface area contributed by atoms with E-state index in [2.05, 4.69) is 6.58 Å². The molecule has 0 aliphatic heterocycles. The molecule has 0 aromatic carbocycles. The highest BCUT2D eigenvalue weighted by Gasteiger charge is 2.11. The highest BCUT2D eigenvalue weighted by molar-refractivity contribution is 8.00. The van der Waals surface area contributed by atoms with Crippen molar-refractivity contribution in [3.63, 3.8) is 0 Å². The maximum atomic E-state index is 10.1. The molecule has 0 radical (unpaired) electrons. The molecule has 0 N–H and O–H groups in total. The minimum Gasteiger partial charge on any atom is -0.265 e. The number of thioether (sulfide) groups is 1. The van der Waals surface area contributed by atoms with Gasteiger partial charge >= 0.3 is 0 Å². The van der Waals surface area contributed by atoms with E-state index in [9.17, 15) is 10.1 Å². The summed E-state index contributed by atoms with van der Waals surface area (Å²) in [4.78, 5) is 9.84. The first kappa shape index (κ1) is 10.5. The van der Waals surface area contributed by atoms with Crippen molar-refractivity contribution in [2.75, 3.05) is 12.3 Å². The van der Waals surface area contributed by atoms with Gasteiger partial charge in [-0.2, -0.15) is 0 Å². The Morgan fingerprint density at radius 1 is 1.82 bits per heavy atom. The second kappa shape index (κ2) is 6.22. The predicted octanol–water partition coefficient (Wildman–Crippen LogP) is 1.96. The Morgan fingerprint density at radius 3 is 2.82 bits per heavy atom. The molecule has 0 amide bonds. The number of nitro groups is 1. The van der Waals surface area contributed by atoms with Crippen LogP contribution in [0, 0.1) is 10.1 Å². The average Bonchev–Trinajstić information content (AvgIpc) is 1.97. The van der Waals surface area contributed by atoms with E-state index in [0.717, 1.165) is 12.2 Å². The molecule has 1 unspecified atom stereocenters. The summed E-state index contributed by atoms with van der Waals surface area (Å²) in [5.74, 6) is 0.798. The first-order valence-corrected chi connectivity index (χ1v) is 4.59. The molecule has 0 heterocycles. The summed E-state index contributed by atoms with van der Waals surface area (Å²) in [7, 11) is 0. The van der Waals surface area contributed by atoms with Crippen LogP contribution in [0.15, 0.2) is 12.7 Å². The van der Waals surface area contributed by atoms with Crippen LogP contribution in [0.3, 0.4) is 0 Å². The smallest absolute Gasteiger partial charge is 0.215 e. The molecule has 64 valence electrons. The van der Waals surface area contributed by atoms with Crippen LogP contribution < -0.4 is 0 Å². The molecule has 0 saturated carbocycles. The van der Waals surface area contributed by atoms with E-state index in [-0.39, 0.29) is 16.7 Å². The van der Waals surface area contributed by atoms with Gasteiger partial charge in [0.05, 0.1) is 5.25 Å². The Balaban J connectivity index is 3.57. The normalized spacial score (nSPS) is 12.5. The fraction of sp³-hybridized carbons (Fsp3) is 0.714. The highest BCUT2D eigenvalue weighted by Crippen LogP contribution is 2.14. The Bertz CT molecular complexity index is 138. The number of rotatable bonds is 6. The number of nitrogens with zero attached hydrogens (tertiary/aromatic N) is 1. The predicted molar refractivity (Wildman–Crippen MR) is 48.6 cm³/mol. The van der Waals surface area contributed by atoms with Crippen molar-refractivity contribution in [3.05, 3.63) is 22.8 Å². The third-order valence-electron chi connectivity index (χ3n) is 1.26. The minimum atomic E-state index is -0.260. The fourth-order valence-electron chi connectivity index (χ4n) is 0.670. The average molecular weight is 175 g/mol. The molecule has 1 atom stereocenters. The largest absolute Gasteiger partial charge is 0.265 e. The van der Waals surface area contributed by atoms with Gasteiger partial charge in [0.2, 0.25) is 6.54 Å².